The van der Waals surface area contributed by atoms with Crippen molar-refractivity contribution in [2.45, 2.75) is 51.7 Å². The van der Waals surface area contributed by atoms with Crippen LogP contribution in [0, 0.1) is 0 Å². The number of aromatic nitrogens is 5. The van der Waals surface area contributed by atoms with Crippen molar-refractivity contribution < 1.29 is 9.64 Å². The van der Waals surface area contributed by atoms with E-state index in [9.17, 15) is 4.79 Å². The van der Waals surface area contributed by atoms with Gasteiger partial charge in [0.2, 0.25) is 5.82 Å². The second kappa shape index (κ2) is 8.68. The third-order valence-corrected chi connectivity index (χ3v) is 7.24. The average Bonchev–Trinajstić information content (AvgIpc) is 3.34. The lowest BCUT2D eigenvalue weighted by atomic mass is 9.95. The van der Waals surface area contributed by atoms with E-state index in [-0.39, 0.29) is 17.1 Å². The fourth-order valence-corrected chi connectivity index (χ4v) is 4.88. The molecule has 4 aromatic rings. The molecular weight excluding hydrogens is 428 g/mol. The van der Waals surface area contributed by atoms with E-state index >= 15 is 0 Å². The number of rotatable bonds is 6. The Morgan fingerprint density at radius 2 is 1.97 bits per heavy atom. The predicted octanol–water partition coefficient (Wildman–Crippen LogP) is 2.40. The fraction of sp³-hybridized carbons (Fsp3) is 0.385. The summed E-state index contributed by atoms with van der Waals surface area (Å²) in [6, 6.07) is 16.0. The maximum absolute atomic E-state index is 13.5. The molecule has 0 amide bonds. The highest BCUT2D eigenvalue weighted by Gasteiger charge is 2.38. The van der Waals surface area contributed by atoms with Gasteiger partial charge in [-0.05, 0) is 59.8 Å². The molecule has 8 nitrogen and oxygen atoms in total. The van der Waals surface area contributed by atoms with Gasteiger partial charge in [0.25, 0.3) is 5.56 Å². The molecule has 0 saturated heterocycles. The monoisotopic (exact) mass is 459 g/mol. The van der Waals surface area contributed by atoms with Crippen LogP contribution in [-0.2, 0) is 18.5 Å². The van der Waals surface area contributed by atoms with Gasteiger partial charge in [-0.3, -0.25) is 4.79 Å². The average molecular weight is 460 g/mol. The lowest BCUT2D eigenvalue weighted by molar-refractivity contribution is -0.942. The van der Waals surface area contributed by atoms with E-state index in [0.29, 0.717) is 11.3 Å². The smallest absolute Gasteiger partial charge is 0.258 e. The van der Waals surface area contributed by atoms with Crippen LogP contribution in [0.2, 0.25) is 0 Å². The zero-order chi connectivity index (χ0) is 23.9. The number of tetrazole rings is 1. The van der Waals surface area contributed by atoms with Crippen molar-refractivity contribution in [1.29, 1.82) is 0 Å². The SMILES string of the molecule is CCC(C)(C)n1nnnc1[C@H](c1cc2ccc(OC)cc2[nH]c1=O)[NH+]1CCc2ccccc2C1. The van der Waals surface area contributed by atoms with Crippen molar-refractivity contribution in [2.24, 2.45) is 0 Å². The van der Waals surface area contributed by atoms with Crippen molar-refractivity contribution in [3.05, 3.63) is 81.4 Å². The zero-order valence-electron chi connectivity index (χ0n) is 20.1. The first-order chi connectivity index (χ1) is 16.4. The van der Waals surface area contributed by atoms with Crippen LogP contribution in [-0.4, -0.2) is 38.8 Å². The van der Waals surface area contributed by atoms with Crippen LogP contribution < -0.4 is 15.2 Å². The summed E-state index contributed by atoms with van der Waals surface area (Å²) in [6.45, 7) is 8.07. The Morgan fingerprint density at radius 1 is 1.18 bits per heavy atom. The van der Waals surface area contributed by atoms with Gasteiger partial charge in [0, 0.05) is 18.1 Å². The predicted molar refractivity (Wildman–Crippen MR) is 130 cm³/mol. The van der Waals surface area contributed by atoms with Crippen LogP contribution in [0.25, 0.3) is 10.9 Å². The lowest BCUT2D eigenvalue weighted by Crippen LogP contribution is -3.12. The number of H-pyrrole nitrogens is 1. The number of fused-ring (bicyclic) bond motifs is 2. The maximum atomic E-state index is 13.5. The van der Waals surface area contributed by atoms with Gasteiger partial charge in [-0.15, -0.1) is 5.10 Å². The van der Waals surface area contributed by atoms with E-state index in [1.54, 1.807) is 7.11 Å². The molecule has 0 bridgehead atoms. The molecule has 176 valence electrons. The minimum Gasteiger partial charge on any atom is -0.497 e. The second-order valence-electron chi connectivity index (χ2n) is 9.66. The molecular formula is C26H31N6O2+. The molecule has 2 aromatic carbocycles. The van der Waals surface area contributed by atoms with E-state index in [4.69, 9.17) is 4.74 Å². The molecule has 0 spiro atoms. The summed E-state index contributed by atoms with van der Waals surface area (Å²) in [4.78, 5) is 17.8. The highest BCUT2D eigenvalue weighted by molar-refractivity contribution is 5.80. The number of aromatic amines is 1. The number of hydrogen-bond acceptors (Lipinski definition) is 5. The summed E-state index contributed by atoms with van der Waals surface area (Å²) >= 11 is 0. The summed E-state index contributed by atoms with van der Waals surface area (Å²) in [5.41, 5.74) is 3.71. The second-order valence-corrected chi connectivity index (χ2v) is 9.66. The van der Waals surface area contributed by atoms with Gasteiger partial charge in [-0.25, -0.2) is 4.68 Å². The lowest BCUT2D eigenvalue weighted by Gasteiger charge is -2.33. The topological polar surface area (TPSA) is 90.1 Å². The Hall–Kier alpha value is -3.52. The summed E-state index contributed by atoms with van der Waals surface area (Å²) in [5.74, 6) is 1.43. The van der Waals surface area contributed by atoms with Crippen molar-refractivity contribution in [2.75, 3.05) is 13.7 Å². The standard InChI is InChI=1S/C26H30N6O2/c1-5-26(2,3)32-24(28-29-30-32)23(31-13-12-17-8-6-7-9-19(17)16-31)21-14-18-10-11-20(34-4)15-22(18)27-25(21)33/h6-11,14-15,23H,5,12-13,16H2,1-4H3,(H,27,33)/p+1/t23-/m0/s1. The summed E-state index contributed by atoms with van der Waals surface area (Å²) < 4.78 is 7.24. The number of methoxy groups -OCH3 is 1. The van der Waals surface area contributed by atoms with Gasteiger partial charge >= 0.3 is 0 Å². The molecule has 5 rings (SSSR count). The van der Waals surface area contributed by atoms with Gasteiger partial charge in [0.1, 0.15) is 12.3 Å². The van der Waals surface area contributed by atoms with Crippen molar-refractivity contribution in [3.63, 3.8) is 0 Å². The van der Waals surface area contributed by atoms with Crippen molar-refractivity contribution in [1.82, 2.24) is 25.2 Å². The number of nitrogens with one attached hydrogen (secondary N) is 2. The molecule has 0 saturated carbocycles. The summed E-state index contributed by atoms with van der Waals surface area (Å²) in [5, 5.41) is 13.9. The van der Waals surface area contributed by atoms with Crippen LogP contribution in [0.15, 0.2) is 53.3 Å². The molecule has 0 radical (unpaired) electrons. The van der Waals surface area contributed by atoms with E-state index in [0.717, 1.165) is 42.7 Å². The number of nitrogens with zero attached hydrogens (tertiary/aromatic N) is 4. The first-order valence-corrected chi connectivity index (χ1v) is 11.8. The summed E-state index contributed by atoms with van der Waals surface area (Å²) in [6.07, 6.45) is 1.81. The molecule has 2 atom stereocenters. The van der Waals surface area contributed by atoms with E-state index < -0.39 is 0 Å². The Kier molecular flexibility index (Phi) is 5.69. The zero-order valence-corrected chi connectivity index (χ0v) is 20.1. The van der Waals surface area contributed by atoms with Crippen LogP contribution in [0.4, 0.5) is 0 Å². The number of benzene rings is 2. The minimum absolute atomic E-state index is 0.124. The van der Waals surface area contributed by atoms with Crippen LogP contribution in [0.5, 0.6) is 5.75 Å². The van der Waals surface area contributed by atoms with Gasteiger partial charge in [0.05, 0.1) is 30.3 Å². The molecule has 2 aromatic heterocycles. The first kappa shape index (κ1) is 22.3. The normalized spacial score (nSPS) is 16.9. The number of quaternary nitrogens is 1. The Balaban J connectivity index is 1.68. The van der Waals surface area contributed by atoms with Crippen molar-refractivity contribution >= 4 is 10.9 Å². The van der Waals surface area contributed by atoms with Crippen molar-refractivity contribution in [3.8, 4) is 5.75 Å². The van der Waals surface area contributed by atoms with Crippen LogP contribution in [0.3, 0.4) is 0 Å². The highest BCUT2D eigenvalue weighted by Crippen LogP contribution is 2.26. The third kappa shape index (κ3) is 3.88. The maximum Gasteiger partial charge on any atom is 0.258 e. The molecule has 1 unspecified atom stereocenters. The van der Waals surface area contributed by atoms with E-state index in [1.165, 1.54) is 16.0 Å². The highest BCUT2D eigenvalue weighted by atomic mass is 16.5. The van der Waals surface area contributed by atoms with Gasteiger partial charge in [0.15, 0.2) is 6.04 Å². The minimum atomic E-state index is -0.301. The number of ether oxygens (including phenoxy) is 1. The molecule has 0 fully saturated rings. The Bertz CT molecular complexity index is 1390. The molecule has 1 aliphatic heterocycles. The number of pyridine rings is 1. The van der Waals surface area contributed by atoms with Gasteiger partial charge in [-0.2, -0.15) is 0 Å². The van der Waals surface area contributed by atoms with E-state index in [1.807, 2.05) is 28.9 Å². The largest absolute Gasteiger partial charge is 0.497 e. The summed E-state index contributed by atoms with van der Waals surface area (Å²) in [7, 11) is 1.62. The third-order valence-electron chi connectivity index (χ3n) is 7.24. The molecule has 8 heteroatoms. The molecule has 1 aliphatic rings. The van der Waals surface area contributed by atoms with Gasteiger partial charge < -0.3 is 14.6 Å². The fourth-order valence-electron chi connectivity index (χ4n) is 4.88. The molecule has 3 heterocycles. The van der Waals surface area contributed by atoms with Crippen LogP contribution >= 0.6 is 0 Å². The Labute approximate surface area is 198 Å². The first-order valence-electron chi connectivity index (χ1n) is 11.8. The van der Waals surface area contributed by atoms with Gasteiger partial charge in [-0.1, -0.05) is 31.2 Å². The molecule has 2 N–H and O–H groups in total. The van der Waals surface area contributed by atoms with Crippen LogP contribution in [0.1, 0.15) is 55.7 Å². The Morgan fingerprint density at radius 3 is 2.74 bits per heavy atom. The number of hydrogen-bond donors (Lipinski definition) is 2. The quantitative estimate of drug-likeness (QED) is 0.462. The molecule has 34 heavy (non-hydrogen) atoms. The molecule has 0 aliphatic carbocycles. The van der Waals surface area contributed by atoms with E-state index in [2.05, 4.69) is 65.5 Å².